The highest BCUT2D eigenvalue weighted by atomic mass is 32.2. The SMILES string of the molecule is Cn1ccc(NC(=O)c2nc(Sc3ccccn3)cnc2Sc2ccc(F)cc2)n1. The number of nitrogens with one attached hydrogen (secondary N) is 1. The number of benzene rings is 1. The average Bonchev–Trinajstić information content (AvgIpc) is 3.16. The summed E-state index contributed by atoms with van der Waals surface area (Å²) < 4.78 is 14.8. The molecule has 150 valence electrons. The lowest BCUT2D eigenvalue weighted by Gasteiger charge is -2.09. The van der Waals surface area contributed by atoms with E-state index in [0.717, 1.165) is 9.92 Å². The number of rotatable bonds is 6. The van der Waals surface area contributed by atoms with Gasteiger partial charge < -0.3 is 5.32 Å². The van der Waals surface area contributed by atoms with Gasteiger partial charge in [0.25, 0.3) is 5.91 Å². The second-order valence-electron chi connectivity index (χ2n) is 6.02. The number of aryl methyl sites for hydroxylation is 1. The number of pyridine rings is 1. The Morgan fingerprint density at radius 1 is 1.03 bits per heavy atom. The Balaban J connectivity index is 1.65. The van der Waals surface area contributed by atoms with Gasteiger partial charge in [-0.2, -0.15) is 5.10 Å². The minimum absolute atomic E-state index is 0.149. The fourth-order valence-corrected chi connectivity index (χ4v) is 3.97. The van der Waals surface area contributed by atoms with Gasteiger partial charge in [0.2, 0.25) is 0 Å². The molecular formula is C20H15FN6OS2. The third-order valence-electron chi connectivity index (χ3n) is 3.76. The molecular weight excluding hydrogens is 423 g/mol. The summed E-state index contributed by atoms with van der Waals surface area (Å²) in [5.74, 6) is -0.361. The number of nitrogens with zero attached hydrogens (tertiary/aromatic N) is 5. The predicted molar refractivity (Wildman–Crippen MR) is 112 cm³/mol. The molecule has 3 aromatic heterocycles. The molecule has 30 heavy (non-hydrogen) atoms. The molecule has 0 saturated heterocycles. The summed E-state index contributed by atoms with van der Waals surface area (Å²) >= 11 is 2.53. The molecule has 7 nitrogen and oxygen atoms in total. The fourth-order valence-electron chi connectivity index (χ4n) is 2.42. The molecule has 0 unspecified atom stereocenters. The van der Waals surface area contributed by atoms with E-state index in [1.54, 1.807) is 48.5 Å². The number of hydrogen-bond donors (Lipinski definition) is 1. The molecule has 0 aliphatic heterocycles. The Morgan fingerprint density at radius 3 is 2.57 bits per heavy atom. The maximum Gasteiger partial charge on any atom is 0.278 e. The number of halogens is 1. The molecule has 0 bridgehead atoms. The van der Waals surface area contributed by atoms with Crippen molar-refractivity contribution in [2.45, 2.75) is 20.0 Å². The molecule has 0 spiro atoms. The zero-order valence-electron chi connectivity index (χ0n) is 15.7. The van der Waals surface area contributed by atoms with Gasteiger partial charge in [-0.05, 0) is 48.2 Å². The first-order valence-corrected chi connectivity index (χ1v) is 10.4. The topological polar surface area (TPSA) is 85.6 Å². The van der Waals surface area contributed by atoms with Crippen molar-refractivity contribution in [3.8, 4) is 0 Å². The van der Waals surface area contributed by atoms with Crippen LogP contribution < -0.4 is 5.32 Å². The molecule has 3 heterocycles. The third kappa shape index (κ3) is 5.02. The minimum Gasteiger partial charge on any atom is -0.304 e. The van der Waals surface area contributed by atoms with Crippen molar-refractivity contribution in [2.24, 2.45) is 7.05 Å². The molecule has 10 heteroatoms. The highest BCUT2D eigenvalue weighted by molar-refractivity contribution is 7.99. The molecule has 4 rings (SSSR count). The Labute approximate surface area is 180 Å². The summed E-state index contributed by atoms with van der Waals surface area (Å²) in [6.45, 7) is 0. The first kappa shape index (κ1) is 20.0. The summed E-state index contributed by atoms with van der Waals surface area (Å²) in [7, 11) is 1.76. The van der Waals surface area contributed by atoms with E-state index in [2.05, 4.69) is 25.4 Å². The van der Waals surface area contributed by atoms with Crippen LogP contribution in [0.25, 0.3) is 0 Å². The van der Waals surface area contributed by atoms with Gasteiger partial charge in [-0.1, -0.05) is 17.8 Å². The Morgan fingerprint density at radius 2 is 1.87 bits per heavy atom. The van der Waals surface area contributed by atoms with E-state index in [1.165, 1.54) is 35.7 Å². The summed E-state index contributed by atoms with van der Waals surface area (Å²) in [6, 6.07) is 13.2. The second kappa shape index (κ2) is 9.06. The normalized spacial score (nSPS) is 10.7. The molecule has 0 fully saturated rings. The lowest BCUT2D eigenvalue weighted by atomic mass is 10.3. The predicted octanol–water partition coefficient (Wildman–Crippen LogP) is 4.30. The lowest BCUT2D eigenvalue weighted by molar-refractivity contribution is 0.101. The van der Waals surface area contributed by atoms with E-state index in [-0.39, 0.29) is 11.5 Å². The monoisotopic (exact) mass is 438 g/mol. The minimum atomic E-state index is -0.436. The molecule has 4 aromatic rings. The smallest absolute Gasteiger partial charge is 0.278 e. The Bertz CT molecular complexity index is 1170. The largest absolute Gasteiger partial charge is 0.304 e. The molecule has 0 saturated carbocycles. The number of carbonyl (C=O) groups excluding carboxylic acids is 1. The zero-order chi connectivity index (χ0) is 20.9. The number of carbonyl (C=O) groups is 1. The van der Waals surface area contributed by atoms with Crippen LogP contribution in [0.5, 0.6) is 0 Å². The van der Waals surface area contributed by atoms with Crippen LogP contribution in [0.2, 0.25) is 0 Å². The van der Waals surface area contributed by atoms with Gasteiger partial charge in [-0.3, -0.25) is 9.48 Å². The zero-order valence-corrected chi connectivity index (χ0v) is 17.3. The van der Waals surface area contributed by atoms with Gasteiger partial charge >= 0.3 is 0 Å². The van der Waals surface area contributed by atoms with Crippen LogP contribution in [0.4, 0.5) is 10.2 Å². The molecule has 1 aromatic carbocycles. The molecule has 0 aliphatic carbocycles. The Kier molecular flexibility index (Phi) is 6.05. The highest BCUT2D eigenvalue weighted by Gasteiger charge is 2.19. The maximum atomic E-state index is 13.2. The van der Waals surface area contributed by atoms with E-state index in [4.69, 9.17) is 0 Å². The quantitative estimate of drug-likeness (QED) is 0.480. The van der Waals surface area contributed by atoms with Crippen LogP contribution >= 0.6 is 23.5 Å². The third-order valence-corrected chi connectivity index (χ3v) is 5.62. The van der Waals surface area contributed by atoms with Crippen molar-refractivity contribution >= 4 is 35.2 Å². The average molecular weight is 439 g/mol. The summed E-state index contributed by atoms with van der Waals surface area (Å²) in [6.07, 6.45) is 4.99. The van der Waals surface area contributed by atoms with Crippen molar-refractivity contribution in [3.05, 3.63) is 78.6 Å². The van der Waals surface area contributed by atoms with Crippen LogP contribution in [0.1, 0.15) is 10.5 Å². The summed E-state index contributed by atoms with van der Waals surface area (Å²) in [5.41, 5.74) is 0.149. The van der Waals surface area contributed by atoms with Crippen molar-refractivity contribution < 1.29 is 9.18 Å². The maximum absolute atomic E-state index is 13.2. The van der Waals surface area contributed by atoms with Crippen LogP contribution in [-0.4, -0.2) is 30.6 Å². The first-order valence-electron chi connectivity index (χ1n) is 8.77. The van der Waals surface area contributed by atoms with Gasteiger partial charge in [0, 0.05) is 30.4 Å². The van der Waals surface area contributed by atoms with Crippen LogP contribution in [0, 0.1) is 5.82 Å². The van der Waals surface area contributed by atoms with Crippen LogP contribution in [0.3, 0.4) is 0 Å². The van der Waals surface area contributed by atoms with Gasteiger partial charge in [-0.15, -0.1) is 0 Å². The molecule has 0 radical (unpaired) electrons. The lowest BCUT2D eigenvalue weighted by Crippen LogP contribution is -2.16. The molecule has 0 atom stereocenters. The van der Waals surface area contributed by atoms with Gasteiger partial charge in [0.1, 0.15) is 20.9 Å². The molecule has 0 aliphatic rings. The van der Waals surface area contributed by atoms with Gasteiger partial charge in [0.05, 0.1) is 6.20 Å². The van der Waals surface area contributed by atoms with E-state index >= 15 is 0 Å². The number of aromatic nitrogens is 5. The van der Waals surface area contributed by atoms with E-state index < -0.39 is 5.91 Å². The number of anilines is 1. The van der Waals surface area contributed by atoms with Crippen molar-refractivity contribution in [2.75, 3.05) is 5.32 Å². The van der Waals surface area contributed by atoms with Crippen molar-refractivity contribution in [1.29, 1.82) is 0 Å². The first-order chi connectivity index (χ1) is 14.6. The van der Waals surface area contributed by atoms with Gasteiger partial charge in [-0.25, -0.2) is 19.3 Å². The highest BCUT2D eigenvalue weighted by Crippen LogP contribution is 2.31. The molecule has 1 N–H and O–H groups in total. The number of amides is 1. The Hall–Kier alpha value is -3.24. The standard InChI is InChI=1S/C20H15FN6OS2/c1-27-11-9-15(26-27)24-19(28)18-20(29-14-7-5-13(21)6-8-14)23-12-17(25-18)30-16-4-2-3-10-22-16/h2-12H,1H3,(H,24,26,28). The van der Waals surface area contributed by atoms with E-state index in [9.17, 15) is 9.18 Å². The van der Waals surface area contributed by atoms with Crippen LogP contribution in [-0.2, 0) is 7.05 Å². The van der Waals surface area contributed by atoms with Crippen molar-refractivity contribution in [1.82, 2.24) is 24.7 Å². The van der Waals surface area contributed by atoms with E-state index in [0.29, 0.717) is 15.9 Å². The van der Waals surface area contributed by atoms with Crippen LogP contribution in [0.15, 0.2) is 87.1 Å². The second-order valence-corrected chi connectivity index (χ2v) is 8.12. The van der Waals surface area contributed by atoms with Gasteiger partial charge in [0.15, 0.2) is 11.5 Å². The fraction of sp³-hybridized carbons (Fsp3) is 0.0500. The number of hydrogen-bond acceptors (Lipinski definition) is 7. The summed E-state index contributed by atoms with van der Waals surface area (Å²) in [5, 5.41) is 8.57. The molecule has 1 amide bonds. The van der Waals surface area contributed by atoms with E-state index in [1.807, 2.05) is 18.2 Å². The summed E-state index contributed by atoms with van der Waals surface area (Å²) in [4.78, 5) is 26.9. The van der Waals surface area contributed by atoms with Crippen molar-refractivity contribution in [3.63, 3.8) is 0 Å².